The van der Waals surface area contributed by atoms with Crippen molar-refractivity contribution in [1.29, 1.82) is 0 Å². The van der Waals surface area contributed by atoms with Crippen molar-refractivity contribution in [2.45, 2.75) is 0 Å². The van der Waals surface area contributed by atoms with Crippen LogP contribution in [0, 0.1) is 0 Å². The van der Waals surface area contributed by atoms with Gasteiger partial charge in [0, 0.05) is 0 Å². The molecule has 0 saturated heterocycles. The van der Waals surface area contributed by atoms with Gasteiger partial charge in [-0.25, -0.2) is 0 Å². The normalized spacial score (nSPS) is 10.7. The number of aromatic hydroxyl groups is 2. The average molecular weight is 260 g/mol. The summed E-state index contributed by atoms with van der Waals surface area (Å²) in [6, 6.07) is 8.35. The second-order valence-electron chi connectivity index (χ2n) is 3.57. The van der Waals surface area contributed by atoms with Crippen molar-refractivity contribution in [2.24, 2.45) is 0 Å². The molecule has 2 heterocycles. The number of phenols is 2. The Hall–Kier alpha value is -2.34. The molecule has 1 aromatic carbocycles. The van der Waals surface area contributed by atoms with E-state index in [-0.39, 0.29) is 17.4 Å². The van der Waals surface area contributed by atoms with Crippen molar-refractivity contribution in [3.05, 3.63) is 35.7 Å². The lowest BCUT2D eigenvalue weighted by atomic mass is 10.2. The minimum Gasteiger partial charge on any atom is -0.504 e. The number of benzene rings is 1. The topological polar surface area (TPSA) is 79.4 Å². The monoisotopic (exact) mass is 260 g/mol. The zero-order valence-corrected chi connectivity index (χ0v) is 9.89. The predicted molar refractivity (Wildman–Crippen MR) is 66.4 cm³/mol. The van der Waals surface area contributed by atoms with Gasteiger partial charge in [-0.2, -0.15) is 4.98 Å². The second kappa shape index (κ2) is 4.15. The Labute approximate surface area is 106 Å². The van der Waals surface area contributed by atoms with Gasteiger partial charge in [0.15, 0.2) is 11.5 Å². The van der Waals surface area contributed by atoms with Gasteiger partial charge in [0.2, 0.25) is 5.82 Å². The summed E-state index contributed by atoms with van der Waals surface area (Å²) in [5.41, 5.74) is 0.310. The highest BCUT2D eigenvalue weighted by molar-refractivity contribution is 7.13. The first kappa shape index (κ1) is 10.8. The van der Waals surface area contributed by atoms with Gasteiger partial charge in [-0.05, 0) is 23.6 Å². The van der Waals surface area contributed by atoms with Gasteiger partial charge in [0.1, 0.15) is 0 Å². The van der Waals surface area contributed by atoms with Crippen LogP contribution in [0.4, 0.5) is 0 Å². The van der Waals surface area contributed by atoms with Gasteiger partial charge in [0.05, 0.1) is 10.4 Å². The lowest BCUT2D eigenvalue weighted by molar-refractivity contribution is 0.397. The third-order valence-electron chi connectivity index (χ3n) is 2.41. The quantitative estimate of drug-likeness (QED) is 0.692. The van der Waals surface area contributed by atoms with Crippen LogP contribution in [-0.2, 0) is 0 Å². The number of nitrogens with zero attached hydrogens (tertiary/aromatic N) is 2. The number of hydrogen-bond donors (Lipinski definition) is 2. The maximum Gasteiger partial charge on any atom is 0.262 e. The number of phenolic OH excluding ortho intramolecular Hbond substituents is 2. The van der Waals surface area contributed by atoms with Crippen LogP contribution < -0.4 is 0 Å². The maximum absolute atomic E-state index is 9.72. The van der Waals surface area contributed by atoms with E-state index in [1.807, 2.05) is 17.5 Å². The van der Waals surface area contributed by atoms with Crippen LogP contribution in [0.5, 0.6) is 11.5 Å². The number of thiophene rings is 1. The van der Waals surface area contributed by atoms with Gasteiger partial charge in [-0.3, -0.25) is 0 Å². The lowest BCUT2D eigenvalue weighted by Gasteiger charge is -2.00. The number of rotatable bonds is 2. The van der Waals surface area contributed by atoms with Crippen molar-refractivity contribution in [1.82, 2.24) is 10.1 Å². The third kappa shape index (κ3) is 1.72. The van der Waals surface area contributed by atoms with Crippen LogP contribution in [0.3, 0.4) is 0 Å². The van der Waals surface area contributed by atoms with Gasteiger partial charge < -0.3 is 14.7 Å². The van der Waals surface area contributed by atoms with Crippen molar-refractivity contribution in [3.8, 4) is 33.7 Å². The first-order chi connectivity index (χ1) is 8.75. The molecule has 18 heavy (non-hydrogen) atoms. The molecule has 0 spiro atoms. The molecule has 2 aromatic heterocycles. The molecular weight excluding hydrogens is 252 g/mol. The summed E-state index contributed by atoms with van der Waals surface area (Å²) in [6.45, 7) is 0. The van der Waals surface area contributed by atoms with E-state index in [9.17, 15) is 10.2 Å². The molecule has 0 aliphatic heterocycles. The van der Waals surface area contributed by atoms with E-state index < -0.39 is 0 Å². The van der Waals surface area contributed by atoms with E-state index in [0.717, 1.165) is 4.88 Å². The molecule has 0 atom stereocenters. The molecule has 0 unspecified atom stereocenters. The molecular formula is C12H8N2O3S. The van der Waals surface area contributed by atoms with Gasteiger partial charge in [0.25, 0.3) is 5.89 Å². The summed E-state index contributed by atoms with van der Waals surface area (Å²) < 4.78 is 5.08. The highest BCUT2D eigenvalue weighted by atomic mass is 32.1. The van der Waals surface area contributed by atoms with E-state index in [2.05, 4.69) is 10.1 Å². The minimum absolute atomic E-state index is 0.173. The zero-order chi connectivity index (χ0) is 12.5. The summed E-state index contributed by atoms with van der Waals surface area (Å²) in [4.78, 5) is 5.07. The van der Waals surface area contributed by atoms with Gasteiger partial charge in [-0.15, -0.1) is 11.3 Å². The molecule has 3 rings (SSSR count). The van der Waals surface area contributed by atoms with Crippen LogP contribution in [0.1, 0.15) is 0 Å². The fourth-order valence-corrected chi connectivity index (χ4v) is 2.19. The van der Waals surface area contributed by atoms with E-state index in [1.165, 1.54) is 17.4 Å². The average Bonchev–Trinajstić information content (AvgIpc) is 3.01. The van der Waals surface area contributed by atoms with Crippen molar-refractivity contribution in [3.63, 3.8) is 0 Å². The van der Waals surface area contributed by atoms with E-state index in [1.54, 1.807) is 12.1 Å². The van der Waals surface area contributed by atoms with Crippen LogP contribution in [0.15, 0.2) is 40.2 Å². The van der Waals surface area contributed by atoms with Gasteiger partial charge in [-0.1, -0.05) is 17.3 Å². The molecule has 2 N–H and O–H groups in total. The molecule has 90 valence electrons. The van der Waals surface area contributed by atoms with Crippen molar-refractivity contribution in [2.75, 3.05) is 0 Å². The molecule has 3 aromatic rings. The Morgan fingerprint density at radius 2 is 2.00 bits per heavy atom. The number of hydrogen-bond acceptors (Lipinski definition) is 6. The van der Waals surface area contributed by atoms with Crippen molar-refractivity contribution < 1.29 is 14.7 Å². The fourth-order valence-electron chi connectivity index (χ4n) is 1.54. The van der Waals surface area contributed by atoms with E-state index in [0.29, 0.717) is 11.4 Å². The molecule has 0 radical (unpaired) electrons. The Morgan fingerprint density at radius 3 is 2.78 bits per heavy atom. The molecule has 5 nitrogen and oxygen atoms in total. The Kier molecular flexibility index (Phi) is 2.49. The first-order valence-corrected chi connectivity index (χ1v) is 6.02. The zero-order valence-electron chi connectivity index (χ0n) is 9.07. The molecule has 0 amide bonds. The van der Waals surface area contributed by atoms with E-state index in [4.69, 9.17) is 4.52 Å². The minimum atomic E-state index is -0.265. The Bertz CT molecular complexity index is 676. The maximum atomic E-state index is 9.72. The second-order valence-corrected chi connectivity index (χ2v) is 4.52. The van der Waals surface area contributed by atoms with Crippen LogP contribution >= 0.6 is 11.3 Å². The van der Waals surface area contributed by atoms with Gasteiger partial charge >= 0.3 is 0 Å². The highest BCUT2D eigenvalue weighted by Crippen LogP contribution is 2.36. The Morgan fingerprint density at radius 1 is 1.11 bits per heavy atom. The lowest BCUT2D eigenvalue weighted by Crippen LogP contribution is -1.80. The summed E-state index contributed by atoms with van der Waals surface area (Å²) in [7, 11) is 0. The summed E-state index contributed by atoms with van der Waals surface area (Å²) >= 11 is 1.50. The molecule has 0 fully saturated rings. The molecule has 0 aliphatic rings. The standard InChI is InChI=1S/C12H8N2O3S/c15-8-4-1-3-7(10(8)16)12-13-11(14-17-12)9-5-2-6-18-9/h1-6,15-16H. The van der Waals surface area contributed by atoms with Crippen LogP contribution in [-0.4, -0.2) is 20.4 Å². The summed E-state index contributed by atoms with van der Waals surface area (Å²) in [5.74, 6) is 0.150. The number of aromatic nitrogens is 2. The predicted octanol–water partition coefficient (Wildman–Crippen LogP) is 2.88. The van der Waals surface area contributed by atoms with E-state index >= 15 is 0 Å². The SMILES string of the molecule is Oc1cccc(-c2nc(-c3cccs3)no2)c1O. The summed E-state index contributed by atoms with van der Waals surface area (Å²) in [5, 5.41) is 24.9. The van der Waals surface area contributed by atoms with Crippen LogP contribution in [0.2, 0.25) is 0 Å². The first-order valence-electron chi connectivity index (χ1n) is 5.14. The molecule has 0 bridgehead atoms. The largest absolute Gasteiger partial charge is 0.504 e. The Balaban J connectivity index is 2.06. The highest BCUT2D eigenvalue weighted by Gasteiger charge is 2.16. The number of para-hydroxylation sites is 1. The third-order valence-corrected chi connectivity index (χ3v) is 3.28. The molecule has 0 aliphatic carbocycles. The molecule has 6 heteroatoms. The van der Waals surface area contributed by atoms with Crippen LogP contribution in [0.25, 0.3) is 22.2 Å². The fraction of sp³-hybridized carbons (Fsp3) is 0. The van der Waals surface area contributed by atoms with Crippen molar-refractivity contribution >= 4 is 11.3 Å². The summed E-state index contributed by atoms with van der Waals surface area (Å²) in [6.07, 6.45) is 0. The molecule has 0 saturated carbocycles. The smallest absolute Gasteiger partial charge is 0.262 e.